The SMILES string of the molecule is C=CCOC(C)C(=O)N1CCCCC1c1nc(-c2ccccc2)no1. The van der Waals surface area contributed by atoms with E-state index in [1.807, 2.05) is 30.3 Å². The van der Waals surface area contributed by atoms with Gasteiger partial charge in [0.05, 0.1) is 6.61 Å². The van der Waals surface area contributed by atoms with Gasteiger partial charge >= 0.3 is 0 Å². The smallest absolute Gasteiger partial charge is 0.252 e. The van der Waals surface area contributed by atoms with Gasteiger partial charge in [0, 0.05) is 12.1 Å². The molecule has 0 radical (unpaired) electrons. The van der Waals surface area contributed by atoms with E-state index >= 15 is 0 Å². The Kier molecular flexibility index (Phi) is 5.60. The van der Waals surface area contributed by atoms with E-state index in [1.165, 1.54) is 0 Å². The zero-order valence-electron chi connectivity index (χ0n) is 14.4. The molecule has 6 nitrogen and oxygen atoms in total. The third-order valence-electron chi connectivity index (χ3n) is 4.36. The zero-order valence-corrected chi connectivity index (χ0v) is 14.4. The molecule has 1 amide bonds. The number of benzene rings is 1. The summed E-state index contributed by atoms with van der Waals surface area (Å²) in [7, 11) is 0. The standard InChI is InChI=1S/C19H23N3O3/c1-3-13-24-14(2)19(23)22-12-8-7-11-16(22)18-20-17(21-25-18)15-9-5-4-6-10-15/h3-6,9-10,14,16H,1,7-8,11-13H2,2H3. The van der Waals surface area contributed by atoms with Gasteiger partial charge in [-0.2, -0.15) is 4.98 Å². The van der Waals surface area contributed by atoms with Gasteiger partial charge in [-0.05, 0) is 26.2 Å². The number of ether oxygens (including phenoxy) is 1. The van der Waals surface area contributed by atoms with E-state index in [0.29, 0.717) is 24.9 Å². The van der Waals surface area contributed by atoms with Gasteiger partial charge < -0.3 is 14.2 Å². The van der Waals surface area contributed by atoms with Crippen molar-refractivity contribution in [2.75, 3.05) is 13.2 Å². The largest absolute Gasteiger partial charge is 0.365 e. The first-order valence-electron chi connectivity index (χ1n) is 8.62. The van der Waals surface area contributed by atoms with Crippen LogP contribution in [-0.2, 0) is 9.53 Å². The van der Waals surface area contributed by atoms with Crippen molar-refractivity contribution in [1.82, 2.24) is 15.0 Å². The molecule has 6 heteroatoms. The maximum Gasteiger partial charge on any atom is 0.252 e. The average Bonchev–Trinajstić information content (AvgIpc) is 3.16. The quantitative estimate of drug-likeness (QED) is 0.754. The lowest BCUT2D eigenvalue weighted by Crippen LogP contribution is -2.44. The molecular formula is C19H23N3O3. The van der Waals surface area contributed by atoms with Crippen LogP contribution in [0.3, 0.4) is 0 Å². The van der Waals surface area contributed by atoms with Crippen LogP contribution in [0.15, 0.2) is 47.5 Å². The number of amides is 1. The second-order valence-electron chi connectivity index (χ2n) is 6.13. The molecule has 1 aliphatic heterocycles. The molecular weight excluding hydrogens is 318 g/mol. The minimum Gasteiger partial charge on any atom is -0.365 e. The number of aromatic nitrogens is 2. The highest BCUT2D eigenvalue weighted by Crippen LogP contribution is 2.31. The molecule has 2 heterocycles. The van der Waals surface area contributed by atoms with Crippen molar-refractivity contribution in [2.45, 2.75) is 38.3 Å². The minimum absolute atomic E-state index is 0.0500. The van der Waals surface area contributed by atoms with Crippen LogP contribution in [0.4, 0.5) is 0 Å². The number of piperidine rings is 1. The Bertz CT molecular complexity index is 714. The summed E-state index contributed by atoms with van der Waals surface area (Å²) in [6, 6.07) is 9.48. The van der Waals surface area contributed by atoms with Crippen molar-refractivity contribution in [3.8, 4) is 11.4 Å². The van der Waals surface area contributed by atoms with Crippen LogP contribution in [-0.4, -0.2) is 40.2 Å². The highest BCUT2D eigenvalue weighted by molar-refractivity contribution is 5.81. The van der Waals surface area contributed by atoms with Gasteiger partial charge in [0.1, 0.15) is 12.1 Å². The molecule has 25 heavy (non-hydrogen) atoms. The molecule has 2 atom stereocenters. The van der Waals surface area contributed by atoms with Gasteiger partial charge in [0.2, 0.25) is 11.7 Å². The van der Waals surface area contributed by atoms with Gasteiger partial charge in [0.25, 0.3) is 5.91 Å². The first-order valence-corrected chi connectivity index (χ1v) is 8.62. The molecule has 0 spiro atoms. The van der Waals surface area contributed by atoms with E-state index in [0.717, 1.165) is 24.8 Å². The summed E-state index contributed by atoms with van der Waals surface area (Å²) in [6.07, 6.45) is 3.93. The monoisotopic (exact) mass is 341 g/mol. The van der Waals surface area contributed by atoms with Crippen LogP contribution in [0.2, 0.25) is 0 Å². The second-order valence-corrected chi connectivity index (χ2v) is 6.13. The van der Waals surface area contributed by atoms with Crippen molar-refractivity contribution >= 4 is 5.91 Å². The second kappa shape index (κ2) is 8.07. The van der Waals surface area contributed by atoms with Crippen molar-refractivity contribution < 1.29 is 14.1 Å². The van der Waals surface area contributed by atoms with Crippen LogP contribution < -0.4 is 0 Å². The first kappa shape index (κ1) is 17.4. The van der Waals surface area contributed by atoms with Crippen LogP contribution in [0.25, 0.3) is 11.4 Å². The summed E-state index contributed by atoms with van der Waals surface area (Å²) in [5.74, 6) is 0.985. The van der Waals surface area contributed by atoms with E-state index in [4.69, 9.17) is 9.26 Å². The normalized spacial score (nSPS) is 18.8. The molecule has 3 rings (SSSR count). The summed E-state index contributed by atoms with van der Waals surface area (Å²) in [5.41, 5.74) is 0.897. The number of nitrogens with zero attached hydrogens (tertiary/aromatic N) is 3. The van der Waals surface area contributed by atoms with E-state index in [-0.39, 0.29) is 11.9 Å². The minimum atomic E-state index is -0.518. The molecule has 2 unspecified atom stereocenters. The Morgan fingerprint density at radius 2 is 2.24 bits per heavy atom. The van der Waals surface area contributed by atoms with Crippen molar-refractivity contribution in [3.63, 3.8) is 0 Å². The highest BCUT2D eigenvalue weighted by Gasteiger charge is 2.34. The van der Waals surface area contributed by atoms with Crippen molar-refractivity contribution in [3.05, 3.63) is 48.9 Å². The fourth-order valence-corrected chi connectivity index (χ4v) is 3.04. The summed E-state index contributed by atoms with van der Waals surface area (Å²) in [5, 5.41) is 4.08. The molecule has 1 aliphatic rings. The molecule has 2 aromatic rings. The number of rotatable bonds is 6. The summed E-state index contributed by atoms with van der Waals surface area (Å²) >= 11 is 0. The molecule has 1 fully saturated rings. The summed E-state index contributed by atoms with van der Waals surface area (Å²) < 4.78 is 11.0. The van der Waals surface area contributed by atoms with E-state index in [1.54, 1.807) is 17.9 Å². The van der Waals surface area contributed by atoms with Crippen molar-refractivity contribution in [2.24, 2.45) is 0 Å². The zero-order chi connectivity index (χ0) is 17.6. The fraction of sp³-hybridized carbons (Fsp3) is 0.421. The number of likely N-dealkylation sites (tertiary alicyclic amines) is 1. The Morgan fingerprint density at radius 1 is 1.44 bits per heavy atom. The Morgan fingerprint density at radius 3 is 3.00 bits per heavy atom. The molecule has 0 aliphatic carbocycles. The molecule has 0 N–H and O–H groups in total. The Hall–Kier alpha value is -2.47. The third-order valence-corrected chi connectivity index (χ3v) is 4.36. The third kappa shape index (κ3) is 3.96. The van der Waals surface area contributed by atoms with E-state index in [2.05, 4.69) is 16.7 Å². The van der Waals surface area contributed by atoms with Gasteiger partial charge in [-0.1, -0.05) is 41.6 Å². The molecule has 1 aromatic carbocycles. The number of hydrogen-bond acceptors (Lipinski definition) is 5. The van der Waals surface area contributed by atoms with Gasteiger partial charge in [0.15, 0.2) is 0 Å². The maximum absolute atomic E-state index is 12.7. The number of hydrogen-bond donors (Lipinski definition) is 0. The van der Waals surface area contributed by atoms with Gasteiger partial charge in [-0.25, -0.2) is 0 Å². The highest BCUT2D eigenvalue weighted by atomic mass is 16.5. The molecule has 132 valence electrons. The molecule has 1 aromatic heterocycles. The lowest BCUT2D eigenvalue weighted by Gasteiger charge is -2.34. The van der Waals surface area contributed by atoms with E-state index < -0.39 is 6.10 Å². The average molecular weight is 341 g/mol. The van der Waals surface area contributed by atoms with E-state index in [9.17, 15) is 4.79 Å². The number of carbonyl (C=O) groups is 1. The fourth-order valence-electron chi connectivity index (χ4n) is 3.04. The molecule has 1 saturated heterocycles. The van der Waals surface area contributed by atoms with Crippen LogP contribution in [0.5, 0.6) is 0 Å². The van der Waals surface area contributed by atoms with Gasteiger partial charge in [-0.3, -0.25) is 4.79 Å². The van der Waals surface area contributed by atoms with Crippen molar-refractivity contribution in [1.29, 1.82) is 0 Å². The molecule has 0 saturated carbocycles. The van der Waals surface area contributed by atoms with Gasteiger partial charge in [-0.15, -0.1) is 6.58 Å². The topological polar surface area (TPSA) is 68.5 Å². The van der Waals surface area contributed by atoms with Crippen LogP contribution in [0.1, 0.15) is 38.1 Å². The lowest BCUT2D eigenvalue weighted by atomic mass is 10.0. The summed E-state index contributed by atoms with van der Waals surface area (Å²) in [4.78, 5) is 19.1. The predicted octanol–water partition coefficient (Wildman–Crippen LogP) is 3.38. The van der Waals surface area contributed by atoms with Crippen LogP contribution >= 0.6 is 0 Å². The summed E-state index contributed by atoms with van der Waals surface area (Å²) in [6.45, 7) is 6.41. The predicted molar refractivity (Wildman–Crippen MR) is 93.7 cm³/mol. The number of carbonyl (C=O) groups excluding carboxylic acids is 1. The maximum atomic E-state index is 12.7. The lowest BCUT2D eigenvalue weighted by molar-refractivity contribution is -0.146. The Labute approximate surface area is 147 Å². The van der Waals surface area contributed by atoms with Crippen LogP contribution in [0, 0.1) is 0 Å². The molecule has 0 bridgehead atoms. The first-order chi connectivity index (χ1) is 12.2. The Balaban J connectivity index is 1.78.